The van der Waals surface area contributed by atoms with Gasteiger partial charge in [-0.3, -0.25) is 19.2 Å². The van der Waals surface area contributed by atoms with E-state index in [4.69, 9.17) is 10.5 Å². The highest BCUT2D eigenvalue weighted by Crippen LogP contribution is 2.66. The lowest BCUT2D eigenvalue weighted by atomic mass is 9.70. The molecule has 1 aliphatic heterocycles. The number of ether oxygens (including phenoxy) is 1. The molecule has 3 aliphatic rings. The Morgan fingerprint density at radius 2 is 1.73 bits per heavy atom. The Bertz CT molecular complexity index is 1810. The largest absolute Gasteiger partial charge is 0.495 e. The maximum atomic E-state index is 15.4. The zero-order valence-electron chi connectivity index (χ0n) is 28.7. The number of rotatable bonds is 10. The van der Waals surface area contributed by atoms with E-state index >= 15 is 4.79 Å². The van der Waals surface area contributed by atoms with Crippen molar-refractivity contribution in [1.29, 1.82) is 0 Å². The minimum absolute atomic E-state index is 0.00254. The molecular weight excluding hydrogens is 606 g/mol. The quantitative estimate of drug-likeness (QED) is 0.209. The first kappa shape index (κ1) is 34.0. The van der Waals surface area contributed by atoms with E-state index < -0.39 is 40.3 Å². The fourth-order valence-corrected chi connectivity index (χ4v) is 8.66. The molecule has 1 amide bonds. The smallest absolute Gasteiger partial charge is 0.258 e. The molecule has 3 aromatic carbocycles. The molecule has 1 heterocycles. The summed E-state index contributed by atoms with van der Waals surface area (Å²) in [6, 6.07) is 12.7. The van der Waals surface area contributed by atoms with Crippen LogP contribution in [0.15, 0.2) is 42.5 Å². The topological polar surface area (TPSA) is 139 Å². The molecule has 254 valence electrons. The second-order valence-electron chi connectivity index (χ2n) is 14.5. The van der Waals surface area contributed by atoms with Crippen molar-refractivity contribution < 1.29 is 29.0 Å². The number of fused-ring (bicyclic) bond motifs is 3. The third-order valence-electron chi connectivity index (χ3n) is 11.7. The lowest BCUT2D eigenvalue weighted by Crippen LogP contribution is -2.47. The predicted octanol–water partition coefficient (Wildman–Crippen LogP) is 4.84. The summed E-state index contributed by atoms with van der Waals surface area (Å²) in [5.74, 6) is -2.50. The van der Waals surface area contributed by atoms with E-state index in [0.29, 0.717) is 49.3 Å². The first-order valence-corrected chi connectivity index (χ1v) is 17.1. The molecule has 2 bridgehead atoms. The van der Waals surface area contributed by atoms with Crippen LogP contribution in [0.2, 0.25) is 0 Å². The van der Waals surface area contributed by atoms with E-state index in [0.717, 1.165) is 17.2 Å². The predicted molar refractivity (Wildman–Crippen MR) is 186 cm³/mol. The molecule has 4 N–H and O–H groups in total. The van der Waals surface area contributed by atoms with Gasteiger partial charge in [-0.15, -0.1) is 0 Å². The number of aliphatic hydroxyl groups is 1. The summed E-state index contributed by atoms with van der Waals surface area (Å²) < 4.78 is 6.01. The molecule has 2 unspecified atom stereocenters. The molecular formula is C39H47N3O6. The summed E-state index contributed by atoms with van der Waals surface area (Å²) in [5, 5.41) is 15.2. The number of benzene rings is 3. The molecule has 3 fully saturated rings. The van der Waals surface area contributed by atoms with Gasteiger partial charge >= 0.3 is 0 Å². The summed E-state index contributed by atoms with van der Waals surface area (Å²) >= 11 is 0. The van der Waals surface area contributed by atoms with Crippen LogP contribution in [0.1, 0.15) is 83.6 Å². The summed E-state index contributed by atoms with van der Waals surface area (Å²) in [5.41, 5.74) is 6.99. The average molecular weight is 654 g/mol. The van der Waals surface area contributed by atoms with Crippen molar-refractivity contribution in [2.24, 2.45) is 28.4 Å². The maximum absolute atomic E-state index is 15.4. The van der Waals surface area contributed by atoms with Crippen LogP contribution in [0.4, 0.5) is 0 Å². The number of methoxy groups -OCH3 is 1. The monoisotopic (exact) mass is 653 g/mol. The number of carbonyl (C=O) groups excluding carboxylic acids is 4. The van der Waals surface area contributed by atoms with Crippen molar-refractivity contribution in [3.8, 4) is 16.9 Å². The molecule has 48 heavy (non-hydrogen) atoms. The van der Waals surface area contributed by atoms with Gasteiger partial charge in [-0.2, -0.15) is 0 Å². The van der Waals surface area contributed by atoms with Crippen LogP contribution in [0.25, 0.3) is 21.9 Å². The van der Waals surface area contributed by atoms with Crippen LogP contribution in [0.5, 0.6) is 5.75 Å². The Kier molecular flexibility index (Phi) is 9.08. The van der Waals surface area contributed by atoms with Gasteiger partial charge in [0.2, 0.25) is 0 Å². The molecule has 6 rings (SSSR count). The Morgan fingerprint density at radius 3 is 2.33 bits per heavy atom. The summed E-state index contributed by atoms with van der Waals surface area (Å²) in [6.07, 6.45) is 1.95. The lowest BCUT2D eigenvalue weighted by Gasteiger charge is -2.32. The Morgan fingerprint density at radius 1 is 1.04 bits per heavy atom. The van der Waals surface area contributed by atoms with Gasteiger partial charge in [0.25, 0.3) is 5.91 Å². The van der Waals surface area contributed by atoms with Crippen LogP contribution in [-0.4, -0.2) is 79.2 Å². The summed E-state index contributed by atoms with van der Waals surface area (Å²) in [4.78, 5) is 60.4. The van der Waals surface area contributed by atoms with Crippen LogP contribution in [0.3, 0.4) is 0 Å². The SMILES string of the molecule is COc1c(C(=O)[C@H](C)N)c(CCCO)c(-c2ccc3ccccc3c2)c(C(=O)C2C(=O)C3(C)CC[C@H]2C3(C)C)c1C(=O)N1CCNCC1. The van der Waals surface area contributed by atoms with Gasteiger partial charge in [-0.25, -0.2) is 0 Å². The molecule has 4 atom stereocenters. The van der Waals surface area contributed by atoms with Crippen LogP contribution >= 0.6 is 0 Å². The van der Waals surface area contributed by atoms with Crippen molar-refractivity contribution in [2.45, 2.75) is 59.4 Å². The zero-order chi connectivity index (χ0) is 34.5. The second-order valence-corrected chi connectivity index (χ2v) is 14.5. The minimum Gasteiger partial charge on any atom is -0.495 e. The number of amides is 1. The highest BCUT2D eigenvalue weighted by atomic mass is 16.5. The van der Waals surface area contributed by atoms with Gasteiger partial charge in [-0.1, -0.05) is 57.2 Å². The van der Waals surface area contributed by atoms with E-state index in [-0.39, 0.29) is 53.6 Å². The summed E-state index contributed by atoms with van der Waals surface area (Å²) in [7, 11) is 1.40. The highest BCUT2D eigenvalue weighted by molar-refractivity contribution is 6.23. The molecule has 9 nitrogen and oxygen atoms in total. The highest BCUT2D eigenvalue weighted by Gasteiger charge is 2.68. The van der Waals surface area contributed by atoms with E-state index in [1.165, 1.54) is 7.11 Å². The van der Waals surface area contributed by atoms with Crippen molar-refractivity contribution >= 4 is 34.0 Å². The number of Topliss-reactive ketones (excluding diaryl/α,β-unsaturated/α-hetero) is 3. The Hall–Kier alpha value is -3.92. The van der Waals surface area contributed by atoms with Crippen molar-refractivity contribution in [2.75, 3.05) is 39.9 Å². The fourth-order valence-electron chi connectivity index (χ4n) is 8.66. The van der Waals surface area contributed by atoms with Gasteiger partial charge in [0, 0.05) is 43.8 Å². The van der Waals surface area contributed by atoms with Gasteiger partial charge in [0.05, 0.1) is 30.2 Å². The van der Waals surface area contributed by atoms with E-state index in [1.807, 2.05) is 49.4 Å². The molecule has 2 aliphatic carbocycles. The maximum Gasteiger partial charge on any atom is 0.258 e. The number of ketones is 3. The Labute approximate surface area is 282 Å². The van der Waals surface area contributed by atoms with Gasteiger partial charge in [0.15, 0.2) is 11.6 Å². The normalized spacial score (nSPS) is 23.8. The number of hydrogen-bond donors (Lipinski definition) is 3. The van der Waals surface area contributed by atoms with E-state index in [2.05, 4.69) is 19.2 Å². The van der Waals surface area contributed by atoms with Crippen LogP contribution < -0.4 is 15.8 Å². The third-order valence-corrected chi connectivity index (χ3v) is 11.7. The third kappa shape index (κ3) is 5.18. The number of aliphatic hydroxyl groups excluding tert-OH is 1. The summed E-state index contributed by atoms with van der Waals surface area (Å²) in [6.45, 7) is 9.49. The molecule has 0 radical (unpaired) electrons. The van der Waals surface area contributed by atoms with Crippen molar-refractivity contribution in [3.63, 3.8) is 0 Å². The lowest BCUT2D eigenvalue weighted by molar-refractivity contribution is -0.130. The minimum atomic E-state index is -0.946. The standard InChI is InChI=1S/C39H47N3O6/c1-22(40)33(44)29-26(11-8-20-43)28(25-13-12-23-9-6-7-10-24(23)21-25)31(32(35(29)48-5)37(47)42-18-16-41-17-19-42)34(45)30-27-14-15-39(4,36(30)46)38(27,2)3/h6-7,9-10,12-13,21-22,27,30,41,43H,8,11,14-20,40H2,1-5H3/t22-,27+,30?,39?/m0/s1. The van der Waals surface area contributed by atoms with Gasteiger partial charge < -0.3 is 25.8 Å². The van der Waals surface area contributed by atoms with E-state index in [1.54, 1.807) is 11.8 Å². The molecule has 1 saturated heterocycles. The second kappa shape index (κ2) is 12.8. The fraction of sp³-hybridized carbons (Fsp3) is 0.487. The van der Waals surface area contributed by atoms with Crippen molar-refractivity contribution in [1.82, 2.24) is 10.2 Å². The molecule has 2 saturated carbocycles. The zero-order valence-corrected chi connectivity index (χ0v) is 28.7. The number of nitrogens with one attached hydrogen (secondary N) is 1. The molecule has 0 aromatic heterocycles. The van der Waals surface area contributed by atoms with E-state index in [9.17, 15) is 19.5 Å². The van der Waals surface area contributed by atoms with Gasteiger partial charge in [-0.05, 0) is 77.5 Å². The first-order valence-electron chi connectivity index (χ1n) is 17.1. The first-order chi connectivity index (χ1) is 22.9. The van der Waals surface area contributed by atoms with Gasteiger partial charge in [0.1, 0.15) is 11.5 Å². The average Bonchev–Trinajstić information content (AvgIpc) is 3.41. The Balaban J connectivity index is 1.75. The number of piperazine rings is 1. The van der Waals surface area contributed by atoms with Crippen LogP contribution in [0, 0.1) is 22.7 Å². The number of nitrogens with zero attached hydrogens (tertiary/aromatic N) is 1. The number of hydrogen-bond acceptors (Lipinski definition) is 8. The van der Waals surface area contributed by atoms with Crippen molar-refractivity contribution in [3.05, 3.63) is 64.7 Å². The molecule has 0 spiro atoms. The van der Waals surface area contributed by atoms with Crippen LogP contribution in [-0.2, 0) is 11.2 Å². The molecule has 9 heteroatoms. The number of carbonyl (C=O) groups is 4. The number of nitrogens with two attached hydrogens (primary N) is 1. The molecule has 3 aromatic rings.